The Hall–Kier alpha value is -1.92. The number of rotatable bonds is 11. The Kier molecular flexibility index (Phi) is 12.3. The number of hydrogen-bond donors (Lipinski definition) is 2. The van der Waals surface area contributed by atoms with E-state index in [0.717, 1.165) is 24.8 Å². The van der Waals surface area contributed by atoms with Crippen molar-refractivity contribution in [2.75, 3.05) is 13.6 Å². The molecule has 6 nitrogen and oxygen atoms in total. The maximum absolute atomic E-state index is 12.4. The Morgan fingerprint density at radius 1 is 1.27 bits per heavy atom. The second-order valence-corrected chi connectivity index (χ2v) is 7.79. The van der Waals surface area contributed by atoms with Crippen LogP contribution in [0.25, 0.3) is 0 Å². The first-order valence-corrected chi connectivity index (χ1v) is 11.4. The number of likely N-dealkylation sites (tertiary alicyclic amines) is 1. The molecular weight excluding hydrogens is 378 g/mol. The van der Waals surface area contributed by atoms with Crippen molar-refractivity contribution in [2.45, 2.75) is 91.1 Å². The quantitative estimate of drug-likeness (QED) is 0.576. The third-order valence-corrected chi connectivity index (χ3v) is 5.53. The third kappa shape index (κ3) is 8.44. The first-order chi connectivity index (χ1) is 14.4. The van der Waals surface area contributed by atoms with Gasteiger partial charge in [0.25, 0.3) is 0 Å². The van der Waals surface area contributed by atoms with Crippen LogP contribution in [0.1, 0.15) is 65.9 Å². The van der Waals surface area contributed by atoms with E-state index in [1.54, 1.807) is 11.9 Å². The number of carbonyl (C=O) groups excluding carboxylic acids is 2. The second kappa shape index (κ2) is 14.1. The van der Waals surface area contributed by atoms with Gasteiger partial charge in [-0.15, -0.1) is 0 Å². The van der Waals surface area contributed by atoms with Crippen LogP contribution in [0.3, 0.4) is 0 Å². The number of amides is 2. The third-order valence-electron chi connectivity index (χ3n) is 5.53. The van der Waals surface area contributed by atoms with E-state index < -0.39 is 6.04 Å². The molecule has 2 rings (SSSR count). The fourth-order valence-electron chi connectivity index (χ4n) is 3.50. The summed E-state index contributed by atoms with van der Waals surface area (Å²) < 4.78 is 6.04. The van der Waals surface area contributed by atoms with Gasteiger partial charge in [-0.25, -0.2) is 0 Å². The Balaban J connectivity index is 0.00000218. The molecule has 0 bridgehead atoms. The highest BCUT2D eigenvalue weighted by Gasteiger charge is 2.35. The van der Waals surface area contributed by atoms with E-state index in [1.807, 2.05) is 58.0 Å². The minimum Gasteiger partial charge on any atom is -0.372 e. The van der Waals surface area contributed by atoms with E-state index in [9.17, 15) is 9.59 Å². The lowest BCUT2D eigenvalue weighted by Crippen LogP contribution is -2.48. The predicted molar refractivity (Wildman–Crippen MR) is 122 cm³/mol. The number of carbonyl (C=O) groups is 2. The minimum absolute atomic E-state index is 0.0112. The standard InChI is InChI=1S/C22H35N3O3.C2H6/c1-5-6-12-19(17(3)28-15-18-10-8-7-9-11-18)23-14-21(26)24-20-13-16(2)25(4)22(20)27;1-2/h7-11,16-17,19-20,23H,5-6,12-15H2,1-4H3,(H,24,26);1-2H3. The van der Waals surface area contributed by atoms with Gasteiger partial charge in [-0.3, -0.25) is 9.59 Å². The normalized spacial score (nSPS) is 20.3. The van der Waals surface area contributed by atoms with Crippen molar-refractivity contribution in [3.63, 3.8) is 0 Å². The molecule has 1 aromatic rings. The average molecular weight is 420 g/mol. The molecule has 1 aliphatic rings. The molecule has 4 atom stereocenters. The summed E-state index contributed by atoms with van der Waals surface area (Å²) in [5.74, 6) is -0.152. The molecule has 4 unspecified atom stereocenters. The SMILES string of the molecule is CC.CCCCC(NCC(=O)NC1CC(C)N(C)C1=O)C(C)OCc1ccccc1. The van der Waals surface area contributed by atoms with E-state index in [0.29, 0.717) is 13.0 Å². The molecule has 30 heavy (non-hydrogen) atoms. The Bertz CT molecular complexity index is 623. The van der Waals surface area contributed by atoms with Gasteiger partial charge in [0.15, 0.2) is 0 Å². The zero-order valence-corrected chi connectivity index (χ0v) is 19.6. The van der Waals surface area contributed by atoms with Crippen LogP contribution in [0.2, 0.25) is 0 Å². The number of hydrogen-bond acceptors (Lipinski definition) is 4. The molecule has 2 N–H and O–H groups in total. The van der Waals surface area contributed by atoms with Crippen LogP contribution in [0.5, 0.6) is 0 Å². The number of ether oxygens (including phenoxy) is 1. The number of nitrogens with zero attached hydrogens (tertiary/aromatic N) is 1. The van der Waals surface area contributed by atoms with E-state index in [4.69, 9.17) is 4.74 Å². The molecule has 0 spiro atoms. The first-order valence-electron chi connectivity index (χ1n) is 11.4. The summed E-state index contributed by atoms with van der Waals surface area (Å²) in [6, 6.07) is 9.94. The smallest absolute Gasteiger partial charge is 0.245 e. The van der Waals surface area contributed by atoms with Crippen molar-refractivity contribution < 1.29 is 14.3 Å². The largest absolute Gasteiger partial charge is 0.372 e. The van der Waals surface area contributed by atoms with Gasteiger partial charge in [0.1, 0.15) is 6.04 Å². The summed E-state index contributed by atoms with van der Waals surface area (Å²) in [6.45, 7) is 10.9. The zero-order valence-electron chi connectivity index (χ0n) is 19.6. The van der Waals surface area contributed by atoms with Gasteiger partial charge in [0.2, 0.25) is 11.8 Å². The molecule has 0 radical (unpaired) electrons. The van der Waals surface area contributed by atoms with Gasteiger partial charge in [0.05, 0.1) is 19.3 Å². The van der Waals surface area contributed by atoms with Crippen molar-refractivity contribution in [1.82, 2.24) is 15.5 Å². The van der Waals surface area contributed by atoms with Crippen molar-refractivity contribution in [3.8, 4) is 0 Å². The fourth-order valence-corrected chi connectivity index (χ4v) is 3.50. The van der Waals surface area contributed by atoms with Crippen LogP contribution in [0, 0.1) is 0 Å². The molecular formula is C24H41N3O3. The molecule has 0 aromatic heterocycles. The predicted octanol–water partition coefficient (Wildman–Crippen LogP) is 3.50. The number of likely N-dealkylation sites (N-methyl/N-ethyl adjacent to an activating group) is 1. The second-order valence-electron chi connectivity index (χ2n) is 7.79. The molecule has 0 saturated carbocycles. The highest BCUT2D eigenvalue weighted by atomic mass is 16.5. The lowest BCUT2D eigenvalue weighted by molar-refractivity contribution is -0.132. The van der Waals surface area contributed by atoms with Gasteiger partial charge in [-0.1, -0.05) is 63.9 Å². The van der Waals surface area contributed by atoms with Crippen molar-refractivity contribution in [3.05, 3.63) is 35.9 Å². The van der Waals surface area contributed by atoms with Gasteiger partial charge in [0, 0.05) is 19.1 Å². The molecule has 2 amide bonds. The summed E-state index contributed by atoms with van der Waals surface area (Å²) in [4.78, 5) is 26.2. The molecule has 1 aliphatic heterocycles. The van der Waals surface area contributed by atoms with Crippen LogP contribution < -0.4 is 10.6 Å². The maximum Gasteiger partial charge on any atom is 0.245 e. The van der Waals surface area contributed by atoms with Gasteiger partial charge < -0.3 is 20.3 Å². The lowest BCUT2D eigenvalue weighted by Gasteiger charge is -2.26. The van der Waals surface area contributed by atoms with Crippen molar-refractivity contribution >= 4 is 11.8 Å². The van der Waals surface area contributed by atoms with Crippen LogP contribution >= 0.6 is 0 Å². The summed E-state index contributed by atoms with van der Waals surface area (Å²) in [5, 5.41) is 6.20. The van der Waals surface area contributed by atoms with E-state index in [2.05, 4.69) is 17.6 Å². The molecule has 6 heteroatoms. The molecule has 1 heterocycles. The topological polar surface area (TPSA) is 70.7 Å². The van der Waals surface area contributed by atoms with E-state index >= 15 is 0 Å². The van der Waals surface area contributed by atoms with Gasteiger partial charge in [-0.05, 0) is 32.3 Å². The molecule has 1 saturated heterocycles. The van der Waals surface area contributed by atoms with Gasteiger partial charge in [-0.2, -0.15) is 0 Å². The van der Waals surface area contributed by atoms with E-state index in [1.165, 1.54) is 0 Å². The molecule has 170 valence electrons. The molecule has 1 fully saturated rings. The van der Waals surface area contributed by atoms with Crippen molar-refractivity contribution in [2.24, 2.45) is 0 Å². The summed E-state index contributed by atoms with van der Waals surface area (Å²) in [5.41, 5.74) is 1.14. The zero-order chi connectivity index (χ0) is 22.5. The Morgan fingerprint density at radius 2 is 1.93 bits per heavy atom. The minimum atomic E-state index is -0.407. The highest BCUT2D eigenvalue weighted by Crippen LogP contribution is 2.16. The monoisotopic (exact) mass is 419 g/mol. The number of benzene rings is 1. The van der Waals surface area contributed by atoms with Gasteiger partial charge >= 0.3 is 0 Å². The summed E-state index contributed by atoms with van der Waals surface area (Å²) >= 11 is 0. The fraction of sp³-hybridized carbons (Fsp3) is 0.667. The van der Waals surface area contributed by atoms with Crippen LogP contribution in [-0.4, -0.2) is 54.5 Å². The first kappa shape index (κ1) is 26.1. The lowest BCUT2D eigenvalue weighted by atomic mass is 10.0. The summed E-state index contributed by atoms with van der Waals surface area (Å²) in [6.07, 6.45) is 3.76. The van der Waals surface area contributed by atoms with E-state index in [-0.39, 0.29) is 36.5 Å². The van der Waals surface area contributed by atoms with Crippen LogP contribution in [0.4, 0.5) is 0 Å². The van der Waals surface area contributed by atoms with Crippen LogP contribution in [0.15, 0.2) is 30.3 Å². The maximum atomic E-state index is 12.4. The number of nitrogens with one attached hydrogen (secondary N) is 2. The van der Waals surface area contributed by atoms with Crippen LogP contribution in [-0.2, 0) is 20.9 Å². The summed E-state index contributed by atoms with van der Waals surface area (Å²) in [7, 11) is 1.78. The number of unbranched alkanes of at least 4 members (excludes halogenated alkanes) is 1. The molecule has 0 aliphatic carbocycles. The Labute approximate surface area is 182 Å². The van der Waals surface area contributed by atoms with Crippen molar-refractivity contribution in [1.29, 1.82) is 0 Å². The molecule has 1 aromatic carbocycles. The average Bonchev–Trinajstić information content (AvgIpc) is 3.00. The Morgan fingerprint density at radius 3 is 2.50 bits per heavy atom. The highest BCUT2D eigenvalue weighted by molar-refractivity contribution is 5.89.